The van der Waals surface area contributed by atoms with Crippen molar-refractivity contribution in [1.29, 1.82) is 0 Å². The standard InChI is InChI=1S/C13H17N3O3S/c1-3-19-13(17)11-12(10-6-4-9-20-10)16(15-14-11)7-5-8-18-2/h4,6,9H,3,5,7-8H2,1-2H3. The van der Waals surface area contributed by atoms with E-state index in [9.17, 15) is 4.79 Å². The second-order valence-electron chi connectivity index (χ2n) is 4.05. The fraction of sp³-hybridized carbons (Fsp3) is 0.462. The first-order chi connectivity index (χ1) is 9.77. The van der Waals surface area contributed by atoms with Gasteiger partial charge in [-0.3, -0.25) is 0 Å². The van der Waals surface area contributed by atoms with Crippen LogP contribution in [0.2, 0.25) is 0 Å². The maximum atomic E-state index is 11.9. The summed E-state index contributed by atoms with van der Waals surface area (Å²) in [5, 5.41) is 9.99. The first-order valence-electron chi connectivity index (χ1n) is 6.41. The van der Waals surface area contributed by atoms with E-state index in [1.165, 1.54) is 0 Å². The van der Waals surface area contributed by atoms with Gasteiger partial charge in [-0.2, -0.15) is 0 Å². The van der Waals surface area contributed by atoms with Crippen LogP contribution in [0.5, 0.6) is 0 Å². The molecule has 7 heteroatoms. The number of ether oxygens (including phenoxy) is 2. The van der Waals surface area contributed by atoms with Crippen molar-refractivity contribution in [3.05, 3.63) is 23.2 Å². The molecule has 0 spiro atoms. The summed E-state index contributed by atoms with van der Waals surface area (Å²) in [6.07, 6.45) is 0.806. The molecule has 0 aliphatic heterocycles. The lowest BCUT2D eigenvalue weighted by molar-refractivity contribution is 0.0520. The van der Waals surface area contributed by atoms with Crippen molar-refractivity contribution < 1.29 is 14.3 Å². The van der Waals surface area contributed by atoms with Gasteiger partial charge in [0.15, 0.2) is 5.69 Å². The van der Waals surface area contributed by atoms with Gasteiger partial charge in [0.05, 0.1) is 11.5 Å². The van der Waals surface area contributed by atoms with Crippen LogP contribution in [0.1, 0.15) is 23.8 Å². The Morgan fingerprint density at radius 2 is 2.35 bits per heavy atom. The van der Waals surface area contributed by atoms with Gasteiger partial charge in [0.25, 0.3) is 0 Å². The summed E-state index contributed by atoms with van der Waals surface area (Å²) in [6, 6.07) is 3.88. The quantitative estimate of drug-likeness (QED) is 0.579. The molecule has 0 aliphatic rings. The number of esters is 1. The van der Waals surface area contributed by atoms with E-state index >= 15 is 0 Å². The van der Waals surface area contributed by atoms with Gasteiger partial charge in [-0.1, -0.05) is 11.3 Å². The molecule has 0 fully saturated rings. The third kappa shape index (κ3) is 3.23. The number of rotatable bonds is 7. The van der Waals surface area contributed by atoms with Crippen molar-refractivity contribution in [2.75, 3.05) is 20.3 Å². The van der Waals surface area contributed by atoms with Gasteiger partial charge in [-0.25, -0.2) is 9.48 Å². The van der Waals surface area contributed by atoms with Gasteiger partial charge >= 0.3 is 5.97 Å². The highest BCUT2D eigenvalue weighted by Gasteiger charge is 2.22. The molecule has 0 N–H and O–H groups in total. The molecule has 0 aromatic carbocycles. The van der Waals surface area contributed by atoms with Crippen molar-refractivity contribution in [2.24, 2.45) is 0 Å². The molecule has 6 nitrogen and oxygen atoms in total. The molecule has 0 aliphatic carbocycles. The molecular weight excluding hydrogens is 278 g/mol. The fourth-order valence-corrected chi connectivity index (χ4v) is 2.60. The molecule has 0 amide bonds. The average Bonchev–Trinajstić information content (AvgIpc) is 3.07. The van der Waals surface area contributed by atoms with E-state index in [1.807, 2.05) is 17.5 Å². The molecule has 0 saturated carbocycles. The zero-order valence-corrected chi connectivity index (χ0v) is 12.4. The highest BCUT2D eigenvalue weighted by molar-refractivity contribution is 7.13. The third-order valence-corrected chi connectivity index (χ3v) is 3.55. The van der Waals surface area contributed by atoms with Crippen LogP contribution in [0.4, 0.5) is 0 Å². The van der Waals surface area contributed by atoms with Crippen molar-refractivity contribution in [3.63, 3.8) is 0 Å². The lowest BCUT2D eigenvalue weighted by Gasteiger charge is -2.06. The second-order valence-corrected chi connectivity index (χ2v) is 5.00. The van der Waals surface area contributed by atoms with Crippen LogP contribution in [-0.2, 0) is 16.0 Å². The number of thiophene rings is 1. The van der Waals surface area contributed by atoms with Gasteiger partial charge in [0.1, 0.15) is 5.69 Å². The zero-order chi connectivity index (χ0) is 14.4. The molecular formula is C13H17N3O3S. The summed E-state index contributed by atoms with van der Waals surface area (Å²) in [7, 11) is 1.66. The molecule has 108 valence electrons. The van der Waals surface area contributed by atoms with Crippen molar-refractivity contribution >= 4 is 17.3 Å². The number of aromatic nitrogens is 3. The van der Waals surface area contributed by atoms with E-state index in [0.717, 1.165) is 17.0 Å². The molecule has 0 unspecified atom stereocenters. The SMILES string of the molecule is CCOC(=O)c1nnn(CCCOC)c1-c1cccs1. The van der Waals surface area contributed by atoms with Crippen LogP contribution in [0.15, 0.2) is 17.5 Å². The predicted molar refractivity (Wildman–Crippen MR) is 75.8 cm³/mol. The van der Waals surface area contributed by atoms with E-state index in [2.05, 4.69) is 10.3 Å². The third-order valence-electron chi connectivity index (χ3n) is 2.68. The van der Waals surface area contributed by atoms with Crippen LogP contribution in [0, 0.1) is 0 Å². The first-order valence-corrected chi connectivity index (χ1v) is 7.29. The van der Waals surface area contributed by atoms with E-state index < -0.39 is 5.97 Å². The number of hydrogen-bond acceptors (Lipinski definition) is 6. The van der Waals surface area contributed by atoms with Crippen LogP contribution >= 0.6 is 11.3 Å². The number of aryl methyl sites for hydroxylation is 1. The molecule has 0 saturated heterocycles. The largest absolute Gasteiger partial charge is 0.461 e. The number of carbonyl (C=O) groups excluding carboxylic acids is 1. The summed E-state index contributed by atoms with van der Waals surface area (Å²) >= 11 is 1.54. The van der Waals surface area contributed by atoms with Gasteiger partial charge in [-0.05, 0) is 24.8 Å². The summed E-state index contributed by atoms with van der Waals surface area (Å²) in [4.78, 5) is 12.9. The van der Waals surface area contributed by atoms with Crippen molar-refractivity contribution in [1.82, 2.24) is 15.0 Å². The highest BCUT2D eigenvalue weighted by Crippen LogP contribution is 2.27. The molecule has 0 radical (unpaired) electrons. The Kier molecular flexibility index (Phi) is 5.25. The normalized spacial score (nSPS) is 10.7. The van der Waals surface area contributed by atoms with Crippen molar-refractivity contribution in [3.8, 4) is 10.6 Å². The Morgan fingerprint density at radius 3 is 3.00 bits per heavy atom. The summed E-state index contributed by atoms with van der Waals surface area (Å²) < 4.78 is 11.8. The maximum absolute atomic E-state index is 11.9. The Labute approximate surface area is 121 Å². The molecule has 2 rings (SSSR count). The van der Waals surface area contributed by atoms with Crippen LogP contribution < -0.4 is 0 Å². The van der Waals surface area contributed by atoms with E-state index in [-0.39, 0.29) is 5.69 Å². The maximum Gasteiger partial charge on any atom is 0.361 e. The molecule has 2 aromatic rings. The highest BCUT2D eigenvalue weighted by atomic mass is 32.1. The molecule has 0 bridgehead atoms. The van der Waals surface area contributed by atoms with E-state index in [4.69, 9.17) is 9.47 Å². The summed E-state index contributed by atoms with van der Waals surface area (Å²) in [5.41, 5.74) is 0.987. The minimum Gasteiger partial charge on any atom is -0.461 e. The van der Waals surface area contributed by atoms with Crippen LogP contribution in [0.25, 0.3) is 10.6 Å². The minimum atomic E-state index is -0.436. The van der Waals surface area contributed by atoms with Gasteiger partial charge < -0.3 is 9.47 Å². The van der Waals surface area contributed by atoms with E-state index in [1.54, 1.807) is 30.1 Å². The zero-order valence-electron chi connectivity index (χ0n) is 11.5. The first kappa shape index (κ1) is 14.7. The van der Waals surface area contributed by atoms with Crippen LogP contribution in [0.3, 0.4) is 0 Å². The molecule has 20 heavy (non-hydrogen) atoms. The summed E-state index contributed by atoms with van der Waals surface area (Å²) in [6.45, 7) is 3.37. The molecule has 2 heterocycles. The Morgan fingerprint density at radius 1 is 1.50 bits per heavy atom. The Bertz CT molecular complexity index is 551. The van der Waals surface area contributed by atoms with Crippen LogP contribution in [-0.4, -0.2) is 41.3 Å². The smallest absolute Gasteiger partial charge is 0.361 e. The van der Waals surface area contributed by atoms with Gasteiger partial charge in [0, 0.05) is 20.3 Å². The topological polar surface area (TPSA) is 66.2 Å². The number of nitrogens with zero attached hydrogens (tertiary/aromatic N) is 3. The number of carbonyl (C=O) groups is 1. The summed E-state index contributed by atoms with van der Waals surface area (Å²) in [5.74, 6) is -0.436. The number of methoxy groups -OCH3 is 1. The monoisotopic (exact) mass is 295 g/mol. The van der Waals surface area contributed by atoms with Gasteiger partial charge in [0.2, 0.25) is 0 Å². The molecule has 2 aromatic heterocycles. The lowest BCUT2D eigenvalue weighted by Crippen LogP contribution is -2.08. The Balaban J connectivity index is 2.31. The minimum absolute atomic E-state index is 0.270. The lowest BCUT2D eigenvalue weighted by atomic mass is 10.2. The predicted octanol–water partition coefficient (Wildman–Crippen LogP) is 2.22. The van der Waals surface area contributed by atoms with Crippen molar-refractivity contribution in [2.45, 2.75) is 19.9 Å². The molecule has 0 atom stereocenters. The average molecular weight is 295 g/mol. The number of hydrogen-bond donors (Lipinski definition) is 0. The van der Waals surface area contributed by atoms with Gasteiger partial charge in [-0.15, -0.1) is 16.4 Å². The fourth-order valence-electron chi connectivity index (χ4n) is 1.82. The second kappa shape index (κ2) is 7.16. The van der Waals surface area contributed by atoms with E-state index in [0.29, 0.717) is 19.8 Å². The Hall–Kier alpha value is -1.73.